The molecule has 2 fully saturated rings. The van der Waals surface area contributed by atoms with Gasteiger partial charge in [0.05, 0.1) is 30.9 Å². The van der Waals surface area contributed by atoms with Crippen molar-refractivity contribution in [3.63, 3.8) is 0 Å². The van der Waals surface area contributed by atoms with Crippen LogP contribution in [-0.2, 0) is 9.53 Å². The van der Waals surface area contributed by atoms with E-state index in [-0.39, 0.29) is 23.4 Å². The van der Waals surface area contributed by atoms with Crippen LogP contribution in [0.2, 0.25) is 0 Å². The van der Waals surface area contributed by atoms with E-state index in [0.29, 0.717) is 30.4 Å². The van der Waals surface area contributed by atoms with E-state index in [1.807, 2.05) is 38.1 Å². The molecular formula is C18H22N2O4S. The first kappa shape index (κ1) is 18.0. The molecule has 0 saturated carbocycles. The first-order chi connectivity index (χ1) is 12.0. The van der Waals surface area contributed by atoms with Gasteiger partial charge >= 0.3 is 0 Å². The van der Waals surface area contributed by atoms with Crippen molar-refractivity contribution < 1.29 is 19.1 Å². The fourth-order valence-electron chi connectivity index (χ4n) is 3.15. The summed E-state index contributed by atoms with van der Waals surface area (Å²) in [5, 5.41) is -0.238. The minimum atomic E-state index is -0.257. The lowest BCUT2D eigenvalue weighted by Gasteiger charge is -2.36. The highest BCUT2D eigenvalue weighted by Gasteiger charge is 2.37. The minimum absolute atomic E-state index is 0.0906. The van der Waals surface area contributed by atoms with Gasteiger partial charge in [0.25, 0.3) is 11.1 Å². The Morgan fingerprint density at radius 1 is 1.24 bits per heavy atom. The molecule has 1 aromatic carbocycles. The van der Waals surface area contributed by atoms with E-state index in [1.54, 1.807) is 13.2 Å². The highest BCUT2D eigenvalue weighted by atomic mass is 32.2. The molecule has 2 amide bonds. The number of ether oxygens (including phenoxy) is 2. The molecular weight excluding hydrogens is 340 g/mol. The quantitative estimate of drug-likeness (QED) is 0.768. The number of thioether (sulfide) groups is 1. The molecule has 0 bridgehead atoms. The van der Waals surface area contributed by atoms with E-state index in [1.165, 1.54) is 4.90 Å². The molecule has 2 saturated heterocycles. The molecule has 2 heterocycles. The van der Waals surface area contributed by atoms with Crippen molar-refractivity contribution in [2.24, 2.45) is 0 Å². The molecule has 3 rings (SSSR count). The third-order valence-corrected chi connectivity index (χ3v) is 5.04. The Morgan fingerprint density at radius 2 is 1.92 bits per heavy atom. The molecule has 25 heavy (non-hydrogen) atoms. The highest BCUT2D eigenvalue weighted by molar-refractivity contribution is 8.18. The number of para-hydroxylation sites is 1. The van der Waals surface area contributed by atoms with E-state index < -0.39 is 0 Å². The Bertz CT molecular complexity index is 696. The smallest absolute Gasteiger partial charge is 0.294 e. The predicted octanol–water partition coefficient (Wildman–Crippen LogP) is 2.80. The van der Waals surface area contributed by atoms with Gasteiger partial charge in [0, 0.05) is 18.7 Å². The summed E-state index contributed by atoms with van der Waals surface area (Å²) in [7, 11) is 1.58. The third kappa shape index (κ3) is 4.05. The monoisotopic (exact) mass is 362 g/mol. The molecule has 2 unspecified atom stereocenters. The maximum absolute atomic E-state index is 12.7. The van der Waals surface area contributed by atoms with Crippen LogP contribution in [-0.4, -0.2) is 60.0 Å². The van der Waals surface area contributed by atoms with Gasteiger partial charge in [-0.2, -0.15) is 0 Å². The fraction of sp³-hybridized carbons (Fsp3) is 0.444. The maximum Gasteiger partial charge on any atom is 0.294 e. The lowest BCUT2D eigenvalue weighted by molar-refractivity contribution is -0.127. The zero-order valence-electron chi connectivity index (χ0n) is 14.6. The Kier molecular flexibility index (Phi) is 5.46. The first-order valence-corrected chi connectivity index (χ1v) is 9.05. The summed E-state index contributed by atoms with van der Waals surface area (Å²) < 4.78 is 11.0. The summed E-state index contributed by atoms with van der Waals surface area (Å²) >= 11 is 0.971. The summed E-state index contributed by atoms with van der Waals surface area (Å²) in [6, 6.07) is 7.42. The number of nitrogens with zero attached hydrogens (tertiary/aromatic N) is 2. The third-order valence-electron chi connectivity index (χ3n) is 4.14. The second-order valence-corrected chi connectivity index (χ2v) is 7.28. The molecule has 7 heteroatoms. The van der Waals surface area contributed by atoms with Crippen LogP contribution in [0.3, 0.4) is 0 Å². The van der Waals surface area contributed by atoms with Crippen LogP contribution >= 0.6 is 11.8 Å². The van der Waals surface area contributed by atoms with Crippen LogP contribution in [0.4, 0.5) is 4.79 Å². The maximum atomic E-state index is 12.7. The first-order valence-electron chi connectivity index (χ1n) is 8.24. The highest BCUT2D eigenvalue weighted by Crippen LogP contribution is 2.34. The van der Waals surface area contributed by atoms with Crippen molar-refractivity contribution in [3.05, 3.63) is 34.7 Å². The van der Waals surface area contributed by atoms with Crippen LogP contribution in [0.1, 0.15) is 19.4 Å². The normalized spacial score (nSPS) is 26.5. The molecule has 0 N–H and O–H groups in total. The number of imide groups is 1. The number of rotatable bonds is 4. The number of amides is 2. The minimum Gasteiger partial charge on any atom is -0.496 e. The van der Waals surface area contributed by atoms with E-state index in [9.17, 15) is 9.59 Å². The zero-order valence-corrected chi connectivity index (χ0v) is 15.4. The molecule has 0 aromatic heterocycles. The van der Waals surface area contributed by atoms with Crippen LogP contribution in [0.5, 0.6) is 5.75 Å². The molecule has 2 atom stereocenters. The predicted molar refractivity (Wildman–Crippen MR) is 97.3 cm³/mol. The van der Waals surface area contributed by atoms with Crippen LogP contribution in [0.15, 0.2) is 29.2 Å². The number of carbonyl (C=O) groups is 2. The van der Waals surface area contributed by atoms with E-state index in [0.717, 1.165) is 17.3 Å². The van der Waals surface area contributed by atoms with Crippen molar-refractivity contribution in [3.8, 4) is 5.75 Å². The zero-order chi connectivity index (χ0) is 18.0. The van der Waals surface area contributed by atoms with Crippen molar-refractivity contribution >= 4 is 29.0 Å². The number of morpholine rings is 1. The van der Waals surface area contributed by atoms with Gasteiger partial charge in [0.2, 0.25) is 0 Å². The van der Waals surface area contributed by atoms with Crippen molar-refractivity contribution in [2.45, 2.75) is 26.1 Å². The lowest BCUT2D eigenvalue weighted by atomic mass is 10.2. The number of hydrogen-bond donors (Lipinski definition) is 0. The van der Waals surface area contributed by atoms with E-state index in [4.69, 9.17) is 9.47 Å². The standard InChI is InChI=1S/C18H22N2O4S/c1-12-9-19(10-13(2)24-12)11-20-17(21)16(25-18(20)22)8-14-6-4-5-7-15(14)23-3/h4-8,12-13H,9-11H2,1-3H3/b16-8+. The average molecular weight is 362 g/mol. The summed E-state index contributed by atoms with van der Waals surface area (Å²) in [6.07, 6.45) is 1.90. The summed E-state index contributed by atoms with van der Waals surface area (Å²) in [6.45, 7) is 5.71. The molecule has 0 radical (unpaired) electrons. The van der Waals surface area contributed by atoms with Crippen LogP contribution in [0, 0.1) is 0 Å². The van der Waals surface area contributed by atoms with Crippen molar-refractivity contribution in [1.82, 2.24) is 9.80 Å². The molecule has 2 aliphatic rings. The molecule has 6 nitrogen and oxygen atoms in total. The average Bonchev–Trinajstić information content (AvgIpc) is 2.82. The van der Waals surface area contributed by atoms with Gasteiger partial charge in [0.1, 0.15) is 5.75 Å². The van der Waals surface area contributed by atoms with Crippen LogP contribution < -0.4 is 4.74 Å². The second kappa shape index (κ2) is 7.59. The van der Waals surface area contributed by atoms with Gasteiger partial charge in [-0.05, 0) is 37.8 Å². The fourth-order valence-corrected chi connectivity index (χ4v) is 3.97. The van der Waals surface area contributed by atoms with Crippen molar-refractivity contribution in [2.75, 3.05) is 26.9 Å². The molecule has 0 spiro atoms. The molecule has 2 aliphatic heterocycles. The van der Waals surface area contributed by atoms with E-state index >= 15 is 0 Å². The number of carbonyl (C=O) groups excluding carboxylic acids is 2. The van der Waals surface area contributed by atoms with E-state index in [2.05, 4.69) is 4.90 Å². The molecule has 1 aromatic rings. The largest absolute Gasteiger partial charge is 0.496 e. The Balaban J connectivity index is 1.75. The van der Waals surface area contributed by atoms with Gasteiger partial charge in [-0.1, -0.05) is 18.2 Å². The number of methoxy groups -OCH3 is 1. The van der Waals surface area contributed by atoms with Gasteiger partial charge in [-0.15, -0.1) is 0 Å². The number of hydrogen-bond acceptors (Lipinski definition) is 6. The van der Waals surface area contributed by atoms with Gasteiger partial charge < -0.3 is 9.47 Å². The summed E-state index contributed by atoms with van der Waals surface area (Å²) in [5.74, 6) is 0.415. The second-order valence-electron chi connectivity index (χ2n) is 6.29. The Labute approximate surface area is 151 Å². The Hall–Kier alpha value is -1.83. The number of benzene rings is 1. The molecule has 134 valence electrons. The van der Waals surface area contributed by atoms with Crippen LogP contribution in [0.25, 0.3) is 6.08 Å². The van der Waals surface area contributed by atoms with Crippen molar-refractivity contribution in [1.29, 1.82) is 0 Å². The van der Waals surface area contributed by atoms with Gasteiger partial charge in [0.15, 0.2) is 0 Å². The van der Waals surface area contributed by atoms with Gasteiger partial charge in [-0.25, -0.2) is 0 Å². The SMILES string of the molecule is COc1ccccc1/C=C1/SC(=O)N(CN2CC(C)OC(C)C2)C1=O. The molecule has 0 aliphatic carbocycles. The van der Waals surface area contributed by atoms with Gasteiger partial charge in [-0.3, -0.25) is 19.4 Å². The lowest BCUT2D eigenvalue weighted by Crippen LogP contribution is -2.50. The topological polar surface area (TPSA) is 59.1 Å². The Morgan fingerprint density at radius 3 is 2.60 bits per heavy atom. The summed E-state index contributed by atoms with van der Waals surface area (Å²) in [5.41, 5.74) is 0.782. The summed E-state index contributed by atoms with van der Waals surface area (Å²) in [4.78, 5) is 28.8.